The lowest BCUT2D eigenvalue weighted by Gasteiger charge is -2.14. The molecular weight excluding hydrogens is 394 g/mol. The van der Waals surface area contributed by atoms with Crippen molar-refractivity contribution in [1.29, 1.82) is 0 Å². The first-order chi connectivity index (χ1) is 11.6. The van der Waals surface area contributed by atoms with Crippen LogP contribution in [0.2, 0.25) is 0 Å². The fourth-order valence-corrected chi connectivity index (χ4v) is 2.99. The van der Waals surface area contributed by atoms with E-state index in [0.717, 1.165) is 9.37 Å². The number of thioether (sulfide) groups is 1. The third-order valence-electron chi connectivity index (χ3n) is 3.13. The van der Waals surface area contributed by atoms with Gasteiger partial charge in [0.1, 0.15) is 0 Å². The Morgan fingerprint density at radius 3 is 2.12 bits per heavy atom. The van der Waals surface area contributed by atoms with E-state index in [1.54, 1.807) is 12.1 Å². The molecule has 2 aromatic carbocycles. The number of hydrogen-bond donors (Lipinski definition) is 1. The number of methoxy groups -OCH3 is 3. The maximum atomic E-state index is 12.2. The van der Waals surface area contributed by atoms with Gasteiger partial charge in [0.15, 0.2) is 11.5 Å². The van der Waals surface area contributed by atoms with Gasteiger partial charge in [-0.15, -0.1) is 11.8 Å². The van der Waals surface area contributed by atoms with Gasteiger partial charge < -0.3 is 19.5 Å². The molecule has 0 aliphatic carbocycles. The Morgan fingerprint density at radius 1 is 1.04 bits per heavy atom. The summed E-state index contributed by atoms with van der Waals surface area (Å²) in [6.07, 6.45) is 0. The largest absolute Gasteiger partial charge is 0.493 e. The third kappa shape index (κ3) is 4.82. The Labute approximate surface area is 153 Å². The minimum Gasteiger partial charge on any atom is -0.493 e. The lowest BCUT2D eigenvalue weighted by Crippen LogP contribution is -2.14. The van der Waals surface area contributed by atoms with Crippen molar-refractivity contribution in [2.45, 2.75) is 4.90 Å². The Morgan fingerprint density at radius 2 is 1.62 bits per heavy atom. The summed E-state index contributed by atoms with van der Waals surface area (Å²) in [7, 11) is 4.60. The van der Waals surface area contributed by atoms with Crippen LogP contribution >= 0.6 is 27.7 Å². The summed E-state index contributed by atoms with van der Waals surface area (Å²) in [6.45, 7) is 0. The highest BCUT2D eigenvalue weighted by Gasteiger charge is 2.14. The van der Waals surface area contributed by atoms with Crippen molar-refractivity contribution in [2.24, 2.45) is 0 Å². The molecule has 0 atom stereocenters. The van der Waals surface area contributed by atoms with Gasteiger partial charge in [-0.25, -0.2) is 0 Å². The van der Waals surface area contributed by atoms with E-state index < -0.39 is 0 Å². The van der Waals surface area contributed by atoms with Gasteiger partial charge in [0.25, 0.3) is 0 Å². The maximum Gasteiger partial charge on any atom is 0.234 e. The van der Waals surface area contributed by atoms with Crippen LogP contribution in [-0.4, -0.2) is 33.0 Å². The van der Waals surface area contributed by atoms with Crippen molar-refractivity contribution < 1.29 is 19.0 Å². The normalized spacial score (nSPS) is 10.2. The number of carbonyl (C=O) groups excluding carboxylic acids is 1. The summed E-state index contributed by atoms with van der Waals surface area (Å²) in [6, 6.07) is 11.2. The second-order valence-electron chi connectivity index (χ2n) is 4.70. The van der Waals surface area contributed by atoms with Crippen LogP contribution in [0.4, 0.5) is 5.69 Å². The first kappa shape index (κ1) is 18.5. The number of carbonyl (C=O) groups is 1. The Hall–Kier alpha value is -1.86. The molecule has 0 bridgehead atoms. The minimum atomic E-state index is -0.114. The number of halogens is 1. The van der Waals surface area contributed by atoms with Gasteiger partial charge in [-0.2, -0.15) is 0 Å². The highest BCUT2D eigenvalue weighted by Crippen LogP contribution is 2.39. The predicted octanol–water partition coefficient (Wildman–Crippen LogP) is 4.21. The van der Waals surface area contributed by atoms with Crippen molar-refractivity contribution in [3.8, 4) is 17.2 Å². The zero-order valence-electron chi connectivity index (χ0n) is 13.6. The van der Waals surface area contributed by atoms with E-state index in [1.165, 1.54) is 33.1 Å². The zero-order valence-corrected chi connectivity index (χ0v) is 16.0. The van der Waals surface area contributed by atoms with Crippen LogP contribution in [-0.2, 0) is 4.79 Å². The van der Waals surface area contributed by atoms with Crippen molar-refractivity contribution in [2.75, 3.05) is 32.4 Å². The first-order valence-electron chi connectivity index (χ1n) is 7.05. The Kier molecular flexibility index (Phi) is 6.81. The van der Waals surface area contributed by atoms with Gasteiger partial charge in [0, 0.05) is 27.2 Å². The number of amides is 1. The molecule has 0 saturated carbocycles. The number of rotatable bonds is 7. The fourth-order valence-electron chi connectivity index (χ4n) is 2.03. The highest BCUT2D eigenvalue weighted by atomic mass is 79.9. The molecule has 0 heterocycles. The van der Waals surface area contributed by atoms with Gasteiger partial charge in [0.2, 0.25) is 11.7 Å². The van der Waals surface area contributed by atoms with Gasteiger partial charge in [-0.05, 0) is 24.3 Å². The molecule has 0 fully saturated rings. The number of benzene rings is 2. The molecular formula is C17H18BrNO4S. The molecule has 1 N–H and O–H groups in total. The lowest BCUT2D eigenvalue weighted by atomic mass is 10.2. The summed E-state index contributed by atoms with van der Waals surface area (Å²) >= 11 is 4.85. The zero-order chi connectivity index (χ0) is 17.5. The van der Waals surface area contributed by atoms with E-state index in [0.29, 0.717) is 28.7 Å². The minimum absolute atomic E-state index is 0.114. The second-order valence-corrected chi connectivity index (χ2v) is 6.67. The summed E-state index contributed by atoms with van der Waals surface area (Å²) in [4.78, 5) is 13.2. The average molecular weight is 412 g/mol. The molecule has 7 heteroatoms. The van der Waals surface area contributed by atoms with E-state index >= 15 is 0 Å². The SMILES string of the molecule is COc1cc(NC(=O)CSc2ccc(Br)cc2)cc(OC)c1OC. The highest BCUT2D eigenvalue weighted by molar-refractivity contribution is 9.10. The van der Waals surface area contributed by atoms with Crippen LogP contribution in [0.3, 0.4) is 0 Å². The molecule has 1 amide bonds. The molecule has 2 aromatic rings. The molecule has 5 nitrogen and oxygen atoms in total. The van der Waals surface area contributed by atoms with Crippen LogP contribution in [0.25, 0.3) is 0 Å². The number of nitrogens with one attached hydrogen (secondary N) is 1. The molecule has 2 rings (SSSR count). The lowest BCUT2D eigenvalue weighted by molar-refractivity contribution is -0.113. The molecule has 0 aliphatic rings. The van der Waals surface area contributed by atoms with Gasteiger partial charge >= 0.3 is 0 Å². The van der Waals surface area contributed by atoms with Gasteiger partial charge in [-0.1, -0.05) is 15.9 Å². The number of hydrogen-bond acceptors (Lipinski definition) is 5. The topological polar surface area (TPSA) is 56.8 Å². The summed E-state index contributed by atoms with van der Waals surface area (Å²) in [5.74, 6) is 1.66. The van der Waals surface area contributed by atoms with Crippen molar-refractivity contribution in [1.82, 2.24) is 0 Å². The van der Waals surface area contributed by atoms with Crippen molar-refractivity contribution in [3.05, 3.63) is 40.9 Å². The Bertz CT molecular complexity index is 681. The molecule has 0 aromatic heterocycles. The van der Waals surface area contributed by atoms with Gasteiger partial charge in [0.05, 0.1) is 27.1 Å². The van der Waals surface area contributed by atoms with Crippen molar-refractivity contribution >= 4 is 39.3 Å². The third-order valence-corrected chi connectivity index (χ3v) is 4.67. The molecule has 0 spiro atoms. The summed E-state index contributed by atoms with van der Waals surface area (Å²) in [5, 5.41) is 2.84. The monoisotopic (exact) mass is 411 g/mol. The van der Waals surface area contributed by atoms with E-state index in [2.05, 4.69) is 21.2 Å². The van der Waals surface area contributed by atoms with Crippen LogP contribution < -0.4 is 19.5 Å². The fraction of sp³-hybridized carbons (Fsp3) is 0.235. The maximum absolute atomic E-state index is 12.2. The van der Waals surface area contributed by atoms with E-state index in [-0.39, 0.29) is 5.91 Å². The van der Waals surface area contributed by atoms with Crippen LogP contribution in [0, 0.1) is 0 Å². The van der Waals surface area contributed by atoms with E-state index in [4.69, 9.17) is 14.2 Å². The van der Waals surface area contributed by atoms with Crippen molar-refractivity contribution in [3.63, 3.8) is 0 Å². The quantitative estimate of drug-likeness (QED) is 0.691. The molecule has 24 heavy (non-hydrogen) atoms. The van der Waals surface area contributed by atoms with E-state index in [9.17, 15) is 4.79 Å². The summed E-state index contributed by atoms with van der Waals surface area (Å²) in [5.41, 5.74) is 0.589. The molecule has 0 unspecified atom stereocenters. The predicted molar refractivity (Wildman–Crippen MR) is 99.6 cm³/mol. The van der Waals surface area contributed by atoms with Crippen LogP contribution in [0.1, 0.15) is 0 Å². The first-order valence-corrected chi connectivity index (χ1v) is 8.83. The second kappa shape index (κ2) is 8.84. The van der Waals surface area contributed by atoms with E-state index in [1.807, 2.05) is 24.3 Å². The summed E-state index contributed by atoms with van der Waals surface area (Å²) < 4.78 is 16.8. The molecule has 0 aliphatic heterocycles. The van der Waals surface area contributed by atoms with Crippen LogP contribution in [0.15, 0.2) is 45.8 Å². The van der Waals surface area contributed by atoms with Gasteiger partial charge in [-0.3, -0.25) is 4.79 Å². The van der Waals surface area contributed by atoms with Crippen LogP contribution in [0.5, 0.6) is 17.2 Å². The molecule has 0 radical (unpaired) electrons. The molecule has 0 saturated heterocycles. The average Bonchev–Trinajstić information content (AvgIpc) is 2.60. The standard InChI is InChI=1S/C17H18BrNO4S/c1-21-14-8-12(9-15(22-2)17(14)23-3)19-16(20)10-24-13-6-4-11(18)5-7-13/h4-9H,10H2,1-3H3,(H,19,20). The molecule has 128 valence electrons. The number of ether oxygens (including phenoxy) is 3. The smallest absolute Gasteiger partial charge is 0.234 e. The Balaban J connectivity index is 2.04. The number of anilines is 1.